The number of rotatable bonds is 8. The fourth-order valence-corrected chi connectivity index (χ4v) is 2.23. The van der Waals surface area contributed by atoms with Gasteiger partial charge in [-0.25, -0.2) is 0 Å². The summed E-state index contributed by atoms with van der Waals surface area (Å²) >= 11 is 0. The van der Waals surface area contributed by atoms with Gasteiger partial charge in [0.05, 0.1) is 6.10 Å². The van der Waals surface area contributed by atoms with Crippen LogP contribution in [-0.2, 0) is 0 Å². The monoisotopic (exact) mass is 278 g/mol. The molecule has 3 nitrogen and oxygen atoms in total. The third-order valence-electron chi connectivity index (χ3n) is 3.13. The summed E-state index contributed by atoms with van der Waals surface area (Å²) in [4.78, 5) is 0. The summed E-state index contributed by atoms with van der Waals surface area (Å²) in [7, 11) is 0. The quantitative estimate of drug-likeness (QED) is 0.679. The predicted octanol–water partition coefficient (Wildman–Crippen LogP) is 4.68. The Morgan fingerprint density at radius 3 is 2.35 bits per heavy atom. The summed E-state index contributed by atoms with van der Waals surface area (Å²) in [6.07, 6.45) is 3.87. The number of nitrogen functional groups attached to an aromatic ring is 1. The molecule has 1 aromatic rings. The SMILES string of the molecule is CC(C)CCCC(C)Nc1cc(N)cc(OC(C)C)c1. The Bertz CT molecular complexity index is 402. The van der Waals surface area contributed by atoms with Gasteiger partial charge in [-0.2, -0.15) is 0 Å². The average Bonchev–Trinajstić information content (AvgIpc) is 2.25. The Morgan fingerprint density at radius 2 is 1.75 bits per heavy atom. The maximum atomic E-state index is 5.93. The normalized spacial score (nSPS) is 12.8. The van der Waals surface area contributed by atoms with Gasteiger partial charge in [0.15, 0.2) is 0 Å². The van der Waals surface area contributed by atoms with Crippen molar-refractivity contribution in [2.75, 3.05) is 11.1 Å². The Balaban J connectivity index is 2.55. The molecule has 0 heterocycles. The number of hydrogen-bond donors (Lipinski definition) is 2. The topological polar surface area (TPSA) is 47.3 Å². The minimum atomic E-state index is 0.160. The first-order valence-electron chi connectivity index (χ1n) is 7.70. The van der Waals surface area contributed by atoms with E-state index in [0.29, 0.717) is 6.04 Å². The molecule has 0 fully saturated rings. The number of hydrogen-bond acceptors (Lipinski definition) is 3. The van der Waals surface area contributed by atoms with Gasteiger partial charge in [-0.1, -0.05) is 26.7 Å². The summed E-state index contributed by atoms with van der Waals surface area (Å²) in [6, 6.07) is 6.30. The van der Waals surface area contributed by atoms with Gasteiger partial charge < -0.3 is 15.8 Å². The van der Waals surface area contributed by atoms with Crippen LogP contribution in [0, 0.1) is 5.92 Å². The molecule has 0 aliphatic carbocycles. The molecule has 0 spiro atoms. The molecule has 114 valence electrons. The van der Waals surface area contributed by atoms with Crippen LogP contribution < -0.4 is 15.8 Å². The molecule has 1 unspecified atom stereocenters. The van der Waals surface area contributed by atoms with Crippen LogP contribution in [0.15, 0.2) is 18.2 Å². The van der Waals surface area contributed by atoms with Crippen molar-refractivity contribution in [2.45, 2.75) is 66.0 Å². The molecule has 0 aliphatic rings. The number of anilines is 2. The Morgan fingerprint density at radius 1 is 1.05 bits per heavy atom. The van der Waals surface area contributed by atoms with Crippen LogP contribution in [0.3, 0.4) is 0 Å². The fraction of sp³-hybridized carbons (Fsp3) is 0.647. The second-order valence-corrected chi connectivity index (χ2v) is 6.33. The van der Waals surface area contributed by atoms with Gasteiger partial charge in [-0.05, 0) is 39.2 Å². The van der Waals surface area contributed by atoms with E-state index in [1.807, 2.05) is 32.0 Å². The third-order valence-corrected chi connectivity index (χ3v) is 3.13. The summed E-state index contributed by atoms with van der Waals surface area (Å²) in [6.45, 7) is 10.8. The van der Waals surface area contributed by atoms with E-state index < -0.39 is 0 Å². The lowest BCUT2D eigenvalue weighted by molar-refractivity contribution is 0.242. The molecule has 0 saturated heterocycles. The fourth-order valence-electron chi connectivity index (χ4n) is 2.23. The van der Waals surface area contributed by atoms with Gasteiger partial charge in [0.1, 0.15) is 5.75 Å². The second-order valence-electron chi connectivity index (χ2n) is 6.33. The van der Waals surface area contributed by atoms with Crippen molar-refractivity contribution in [3.63, 3.8) is 0 Å². The van der Waals surface area contributed by atoms with E-state index in [1.165, 1.54) is 19.3 Å². The highest BCUT2D eigenvalue weighted by Crippen LogP contribution is 2.24. The van der Waals surface area contributed by atoms with Crippen molar-refractivity contribution in [3.8, 4) is 5.75 Å². The second kappa shape index (κ2) is 8.03. The van der Waals surface area contributed by atoms with Crippen LogP contribution >= 0.6 is 0 Å². The maximum absolute atomic E-state index is 5.93. The van der Waals surface area contributed by atoms with E-state index >= 15 is 0 Å². The minimum absolute atomic E-state index is 0.160. The highest BCUT2D eigenvalue weighted by Gasteiger charge is 2.06. The highest BCUT2D eigenvalue weighted by molar-refractivity contribution is 5.59. The van der Waals surface area contributed by atoms with E-state index in [2.05, 4.69) is 26.1 Å². The molecule has 1 atom stereocenters. The van der Waals surface area contributed by atoms with E-state index in [9.17, 15) is 0 Å². The molecular formula is C17H30N2O. The van der Waals surface area contributed by atoms with Crippen molar-refractivity contribution in [1.82, 2.24) is 0 Å². The summed E-state index contributed by atoms with van der Waals surface area (Å²) in [5, 5.41) is 3.51. The molecular weight excluding hydrogens is 248 g/mol. The van der Waals surface area contributed by atoms with Gasteiger partial charge in [0.2, 0.25) is 0 Å². The summed E-state index contributed by atoms with van der Waals surface area (Å²) in [5.74, 6) is 1.61. The van der Waals surface area contributed by atoms with Crippen molar-refractivity contribution in [3.05, 3.63) is 18.2 Å². The van der Waals surface area contributed by atoms with Gasteiger partial charge in [0, 0.05) is 29.5 Å². The van der Waals surface area contributed by atoms with Crippen molar-refractivity contribution >= 4 is 11.4 Å². The standard InChI is InChI=1S/C17H30N2O/c1-12(2)7-6-8-14(5)19-16-9-15(18)10-17(11-16)20-13(3)4/h9-14,19H,6-8,18H2,1-5H3. The van der Waals surface area contributed by atoms with Crippen LogP contribution in [0.25, 0.3) is 0 Å². The molecule has 0 bridgehead atoms. The largest absolute Gasteiger partial charge is 0.491 e. The van der Waals surface area contributed by atoms with Gasteiger partial charge in [-0.3, -0.25) is 0 Å². The molecule has 0 aliphatic heterocycles. The molecule has 0 amide bonds. The predicted molar refractivity (Wildman–Crippen MR) is 88.4 cm³/mol. The van der Waals surface area contributed by atoms with Crippen molar-refractivity contribution in [1.29, 1.82) is 0 Å². The van der Waals surface area contributed by atoms with Gasteiger partial charge >= 0.3 is 0 Å². The van der Waals surface area contributed by atoms with Crippen LogP contribution in [0.1, 0.15) is 53.9 Å². The first-order chi connectivity index (χ1) is 9.36. The molecule has 1 rings (SSSR count). The van der Waals surface area contributed by atoms with Crippen LogP contribution in [-0.4, -0.2) is 12.1 Å². The first kappa shape index (κ1) is 16.7. The van der Waals surface area contributed by atoms with E-state index in [-0.39, 0.29) is 6.10 Å². The zero-order valence-corrected chi connectivity index (χ0v) is 13.6. The first-order valence-corrected chi connectivity index (χ1v) is 7.70. The molecule has 0 saturated carbocycles. The number of benzene rings is 1. The van der Waals surface area contributed by atoms with Gasteiger partial charge in [-0.15, -0.1) is 0 Å². The lowest BCUT2D eigenvalue weighted by Crippen LogP contribution is -2.15. The van der Waals surface area contributed by atoms with Crippen LogP contribution in [0.2, 0.25) is 0 Å². The smallest absolute Gasteiger partial charge is 0.123 e. The Labute approximate surface area is 123 Å². The van der Waals surface area contributed by atoms with Crippen LogP contribution in [0.4, 0.5) is 11.4 Å². The molecule has 1 aromatic carbocycles. The van der Waals surface area contributed by atoms with E-state index in [0.717, 1.165) is 23.0 Å². The lowest BCUT2D eigenvalue weighted by atomic mass is 10.0. The van der Waals surface area contributed by atoms with Crippen LogP contribution in [0.5, 0.6) is 5.75 Å². The third kappa shape index (κ3) is 6.69. The zero-order chi connectivity index (χ0) is 15.1. The molecule has 0 radical (unpaired) electrons. The lowest BCUT2D eigenvalue weighted by Gasteiger charge is -2.18. The molecule has 0 aromatic heterocycles. The summed E-state index contributed by atoms with van der Waals surface area (Å²) < 4.78 is 5.71. The average molecular weight is 278 g/mol. The summed E-state index contributed by atoms with van der Waals surface area (Å²) in [5.41, 5.74) is 7.71. The Kier molecular flexibility index (Phi) is 6.69. The number of nitrogens with two attached hydrogens (primary N) is 1. The number of ether oxygens (including phenoxy) is 1. The van der Waals surface area contributed by atoms with E-state index in [1.54, 1.807) is 0 Å². The van der Waals surface area contributed by atoms with Gasteiger partial charge in [0.25, 0.3) is 0 Å². The van der Waals surface area contributed by atoms with Crippen molar-refractivity contribution < 1.29 is 4.74 Å². The molecule has 20 heavy (non-hydrogen) atoms. The molecule has 3 N–H and O–H groups in total. The van der Waals surface area contributed by atoms with E-state index in [4.69, 9.17) is 10.5 Å². The maximum Gasteiger partial charge on any atom is 0.123 e. The Hall–Kier alpha value is -1.38. The number of nitrogens with one attached hydrogen (secondary N) is 1. The van der Waals surface area contributed by atoms with Crippen molar-refractivity contribution in [2.24, 2.45) is 5.92 Å². The minimum Gasteiger partial charge on any atom is -0.491 e. The molecule has 3 heteroatoms. The zero-order valence-electron chi connectivity index (χ0n) is 13.6. The highest BCUT2D eigenvalue weighted by atomic mass is 16.5.